The first kappa shape index (κ1) is 20.5. The van der Waals surface area contributed by atoms with E-state index in [1.165, 1.54) is 12.1 Å². The number of thiocarbonyl (C=S) groups is 1. The molecule has 0 amide bonds. The molecule has 0 heterocycles. The van der Waals surface area contributed by atoms with E-state index in [-0.39, 0.29) is 27.8 Å². The van der Waals surface area contributed by atoms with Crippen LogP contribution in [0.25, 0.3) is 0 Å². The number of hydrogen-bond acceptors (Lipinski definition) is 1. The number of hydrogen-bond donors (Lipinski definition) is 2. The Bertz CT molecular complexity index is 791. The van der Waals surface area contributed by atoms with Gasteiger partial charge in [-0.1, -0.05) is 49.7 Å². The van der Waals surface area contributed by atoms with Gasteiger partial charge in [0.25, 0.3) is 0 Å². The molecule has 2 aromatic rings. The first-order valence-corrected chi connectivity index (χ1v) is 8.88. The fourth-order valence-corrected chi connectivity index (χ4v) is 3.14. The quantitative estimate of drug-likeness (QED) is 0.584. The van der Waals surface area contributed by atoms with E-state index in [1.54, 1.807) is 0 Å². The molecule has 2 nitrogen and oxygen atoms in total. The molecule has 0 aliphatic carbocycles. The Balaban J connectivity index is 2.18. The van der Waals surface area contributed by atoms with Gasteiger partial charge in [0.1, 0.15) is 0 Å². The summed E-state index contributed by atoms with van der Waals surface area (Å²) in [5, 5.41) is 5.93. The van der Waals surface area contributed by atoms with Gasteiger partial charge in [0.05, 0.1) is 16.6 Å². The van der Waals surface area contributed by atoms with Crippen LogP contribution in [0.4, 0.5) is 18.9 Å². The monoisotopic (exact) mass is 400 g/mol. The van der Waals surface area contributed by atoms with Crippen molar-refractivity contribution in [1.82, 2.24) is 5.32 Å². The summed E-state index contributed by atoms with van der Waals surface area (Å²) in [6, 6.07) is 11.5. The number of halogens is 4. The molecule has 7 heteroatoms. The minimum Gasteiger partial charge on any atom is -0.355 e. The molecular weight excluding hydrogens is 381 g/mol. The van der Waals surface area contributed by atoms with Gasteiger partial charge in [-0.2, -0.15) is 13.2 Å². The predicted molar refractivity (Wildman–Crippen MR) is 105 cm³/mol. The minimum atomic E-state index is -4.52. The zero-order valence-electron chi connectivity index (χ0n) is 14.6. The first-order chi connectivity index (χ1) is 12.1. The molecule has 0 aliphatic heterocycles. The molecule has 0 bridgehead atoms. The van der Waals surface area contributed by atoms with Crippen molar-refractivity contribution in [3.8, 4) is 0 Å². The topological polar surface area (TPSA) is 24.1 Å². The molecule has 2 aromatic carbocycles. The Labute approximate surface area is 161 Å². The van der Waals surface area contributed by atoms with Crippen molar-refractivity contribution in [3.63, 3.8) is 0 Å². The van der Waals surface area contributed by atoms with E-state index >= 15 is 0 Å². The highest BCUT2D eigenvalue weighted by atomic mass is 35.5. The van der Waals surface area contributed by atoms with Crippen LogP contribution >= 0.6 is 23.8 Å². The van der Waals surface area contributed by atoms with Crippen molar-refractivity contribution in [2.24, 2.45) is 5.92 Å². The molecule has 140 valence electrons. The molecule has 2 N–H and O–H groups in total. The van der Waals surface area contributed by atoms with Gasteiger partial charge >= 0.3 is 6.18 Å². The van der Waals surface area contributed by atoms with Gasteiger partial charge in [-0.25, -0.2) is 0 Å². The van der Waals surface area contributed by atoms with E-state index in [4.69, 9.17) is 23.8 Å². The van der Waals surface area contributed by atoms with Crippen LogP contribution < -0.4 is 10.6 Å². The van der Waals surface area contributed by atoms with Crippen LogP contribution in [-0.4, -0.2) is 5.11 Å². The number of aryl methyl sites for hydroxylation is 1. The van der Waals surface area contributed by atoms with E-state index in [2.05, 4.69) is 24.5 Å². The normalized spacial score (nSPS) is 12.8. The Morgan fingerprint density at radius 3 is 2.35 bits per heavy atom. The summed E-state index contributed by atoms with van der Waals surface area (Å²) in [6.45, 7) is 6.12. The molecule has 0 saturated carbocycles. The molecule has 0 aromatic heterocycles. The van der Waals surface area contributed by atoms with Crippen LogP contribution in [-0.2, 0) is 6.18 Å². The lowest BCUT2D eigenvalue weighted by Gasteiger charge is -2.26. The lowest BCUT2D eigenvalue weighted by atomic mass is 9.93. The lowest BCUT2D eigenvalue weighted by molar-refractivity contribution is -0.137. The first-order valence-electron chi connectivity index (χ1n) is 8.09. The highest BCUT2D eigenvalue weighted by Gasteiger charge is 2.33. The average molecular weight is 401 g/mol. The highest BCUT2D eigenvalue weighted by molar-refractivity contribution is 7.80. The zero-order valence-corrected chi connectivity index (χ0v) is 16.2. The van der Waals surface area contributed by atoms with Crippen molar-refractivity contribution < 1.29 is 13.2 Å². The predicted octanol–water partition coefficient (Wildman–Crippen LogP) is 6.35. The standard InChI is InChI=1S/C19H20ClF3N2S/c1-11(2)17(14-7-5-4-6-12(14)3)25-18(26)24-13-8-9-16(20)15(10-13)19(21,22)23/h4-11,17H,1-3H3,(H2,24,25,26)/t17-/m0/s1. The molecular formula is C19H20ClF3N2S. The molecule has 0 saturated heterocycles. The van der Waals surface area contributed by atoms with E-state index in [0.29, 0.717) is 0 Å². The van der Waals surface area contributed by atoms with E-state index < -0.39 is 11.7 Å². The molecule has 0 aliphatic rings. The lowest BCUT2D eigenvalue weighted by Crippen LogP contribution is -2.35. The second-order valence-electron chi connectivity index (χ2n) is 6.37. The van der Waals surface area contributed by atoms with Crippen molar-refractivity contribution in [2.45, 2.75) is 33.0 Å². The van der Waals surface area contributed by atoms with Crippen molar-refractivity contribution in [3.05, 3.63) is 64.2 Å². The largest absolute Gasteiger partial charge is 0.417 e. The summed E-state index contributed by atoms with van der Waals surface area (Å²) in [7, 11) is 0. The Morgan fingerprint density at radius 1 is 1.12 bits per heavy atom. The number of anilines is 1. The summed E-state index contributed by atoms with van der Waals surface area (Å²) in [6.07, 6.45) is -4.52. The van der Waals surface area contributed by atoms with Crippen LogP contribution in [0.3, 0.4) is 0 Å². The minimum absolute atomic E-state index is 0.0643. The van der Waals surface area contributed by atoms with Crippen LogP contribution in [0.5, 0.6) is 0 Å². The van der Waals surface area contributed by atoms with Crippen LogP contribution in [0.2, 0.25) is 5.02 Å². The van der Waals surface area contributed by atoms with Crippen LogP contribution in [0.1, 0.15) is 36.6 Å². The molecule has 2 rings (SSSR count). The zero-order chi connectivity index (χ0) is 19.5. The van der Waals surface area contributed by atoms with Gasteiger partial charge in [-0.15, -0.1) is 0 Å². The van der Waals surface area contributed by atoms with Crippen LogP contribution in [0, 0.1) is 12.8 Å². The summed E-state index contributed by atoms with van der Waals surface area (Å²) in [5.74, 6) is 0.229. The molecule has 0 fully saturated rings. The SMILES string of the molecule is Cc1ccccc1[C@@H](NC(=S)Nc1ccc(Cl)c(C(F)(F)F)c1)C(C)C. The Hall–Kier alpha value is -1.79. The Morgan fingerprint density at radius 2 is 1.77 bits per heavy atom. The maximum atomic E-state index is 13.0. The van der Waals surface area contributed by atoms with Gasteiger partial charge in [0.15, 0.2) is 5.11 Å². The third-order valence-electron chi connectivity index (χ3n) is 4.01. The van der Waals surface area contributed by atoms with E-state index in [0.717, 1.165) is 17.2 Å². The van der Waals surface area contributed by atoms with Gasteiger partial charge in [0.2, 0.25) is 0 Å². The average Bonchev–Trinajstić information content (AvgIpc) is 2.54. The number of nitrogens with one attached hydrogen (secondary N) is 2. The fourth-order valence-electron chi connectivity index (χ4n) is 2.67. The highest BCUT2D eigenvalue weighted by Crippen LogP contribution is 2.36. The van der Waals surface area contributed by atoms with Gasteiger partial charge in [-0.05, 0) is 54.4 Å². The van der Waals surface area contributed by atoms with Crippen molar-refractivity contribution >= 4 is 34.6 Å². The number of alkyl halides is 3. The molecule has 1 atom stereocenters. The van der Waals surface area contributed by atoms with E-state index in [9.17, 15) is 13.2 Å². The molecule has 0 spiro atoms. The molecule has 26 heavy (non-hydrogen) atoms. The van der Waals surface area contributed by atoms with Gasteiger partial charge in [0, 0.05) is 5.69 Å². The summed E-state index contributed by atoms with van der Waals surface area (Å²) < 4.78 is 39.0. The summed E-state index contributed by atoms with van der Waals surface area (Å²) >= 11 is 11.0. The summed E-state index contributed by atoms with van der Waals surface area (Å²) in [5.41, 5.74) is 1.55. The van der Waals surface area contributed by atoms with Crippen molar-refractivity contribution in [1.29, 1.82) is 0 Å². The summed E-state index contributed by atoms with van der Waals surface area (Å²) in [4.78, 5) is 0. The molecule has 0 radical (unpaired) electrons. The van der Waals surface area contributed by atoms with Gasteiger partial charge in [-0.3, -0.25) is 0 Å². The van der Waals surface area contributed by atoms with Gasteiger partial charge < -0.3 is 10.6 Å². The second-order valence-corrected chi connectivity index (χ2v) is 7.18. The third kappa shape index (κ3) is 5.11. The number of rotatable bonds is 4. The van der Waals surface area contributed by atoms with Crippen molar-refractivity contribution in [2.75, 3.05) is 5.32 Å². The smallest absolute Gasteiger partial charge is 0.355 e. The second kappa shape index (κ2) is 8.27. The maximum Gasteiger partial charge on any atom is 0.417 e. The molecule has 0 unspecified atom stereocenters. The third-order valence-corrected chi connectivity index (χ3v) is 4.56. The van der Waals surface area contributed by atoms with Crippen LogP contribution in [0.15, 0.2) is 42.5 Å². The Kier molecular flexibility index (Phi) is 6.53. The maximum absolute atomic E-state index is 13.0. The van der Waals surface area contributed by atoms with E-state index in [1.807, 2.05) is 31.2 Å². The number of benzene rings is 2. The fraction of sp³-hybridized carbons (Fsp3) is 0.316.